The molecule has 0 aliphatic heterocycles. The van der Waals surface area contributed by atoms with Crippen molar-refractivity contribution >= 4 is 16.8 Å². The molecule has 2 N–H and O–H groups in total. The lowest BCUT2D eigenvalue weighted by atomic mass is 10.1. The Morgan fingerprint density at radius 2 is 2.30 bits per heavy atom. The first kappa shape index (κ1) is 12.5. The Kier molecular flexibility index (Phi) is 3.25. The van der Waals surface area contributed by atoms with Gasteiger partial charge in [-0.3, -0.25) is 4.79 Å². The van der Waals surface area contributed by atoms with E-state index in [9.17, 15) is 4.79 Å². The van der Waals surface area contributed by atoms with Crippen molar-refractivity contribution in [2.24, 2.45) is 0 Å². The Hall–Kier alpha value is -2.56. The van der Waals surface area contributed by atoms with Crippen molar-refractivity contribution in [3.8, 4) is 0 Å². The first-order chi connectivity index (χ1) is 9.74. The van der Waals surface area contributed by atoms with Gasteiger partial charge in [0.25, 0.3) is 5.91 Å². The molecule has 0 saturated carbocycles. The maximum Gasteiger partial charge on any atom is 0.253 e. The molecule has 20 heavy (non-hydrogen) atoms. The number of carbonyl (C=O) groups is 1. The number of aromatic amines is 1. The number of fused-ring (bicyclic) bond motifs is 1. The first-order valence-electron chi connectivity index (χ1n) is 6.57. The van der Waals surface area contributed by atoms with E-state index in [1.807, 2.05) is 42.0 Å². The van der Waals surface area contributed by atoms with Crippen LogP contribution in [0.25, 0.3) is 10.9 Å². The van der Waals surface area contributed by atoms with Gasteiger partial charge in [-0.15, -0.1) is 0 Å². The molecule has 3 aromatic rings. The minimum atomic E-state index is -0.0601. The summed E-state index contributed by atoms with van der Waals surface area (Å²) in [5, 5.41) is 3.95. The molecule has 0 bridgehead atoms. The summed E-state index contributed by atoms with van der Waals surface area (Å²) in [6.07, 6.45) is 7.11. The average molecular weight is 268 g/mol. The Labute approximate surface area is 116 Å². The van der Waals surface area contributed by atoms with Gasteiger partial charge in [-0.05, 0) is 13.0 Å². The Bertz CT molecular complexity index is 714. The quantitative estimate of drug-likeness (QED) is 0.762. The third-order valence-electron chi connectivity index (χ3n) is 3.26. The van der Waals surface area contributed by atoms with E-state index in [4.69, 9.17) is 0 Å². The molecular formula is C15H16N4O. The summed E-state index contributed by atoms with van der Waals surface area (Å²) in [6, 6.07) is 7.82. The predicted octanol–water partition coefficient (Wildman–Crippen LogP) is 2.18. The highest BCUT2D eigenvalue weighted by Crippen LogP contribution is 2.17. The molecule has 1 unspecified atom stereocenters. The number of imidazole rings is 1. The molecule has 0 fully saturated rings. The van der Waals surface area contributed by atoms with Crippen LogP contribution in [0.5, 0.6) is 0 Å². The third-order valence-corrected chi connectivity index (χ3v) is 3.26. The number of hydrogen-bond donors (Lipinski definition) is 2. The first-order valence-corrected chi connectivity index (χ1v) is 6.57. The lowest BCUT2D eigenvalue weighted by Crippen LogP contribution is -2.35. The molecule has 1 aromatic carbocycles. The molecule has 0 saturated heterocycles. The molecule has 0 aliphatic rings. The minimum Gasteiger partial charge on any atom is -0.360 e. The van der Waals surface area contributed by atoms with Crippen LogP contribution in [0.15, 0.2) is 49.2 Å². The smallest absolute Gasteiger partial charge is 0.253 e. The van der Waals surface area contributed by atoms with Crippen LogP contribution < -0.4 is 5.32 Å². The van der Waals surface area contributed by atoms with Crippen molar-refractivity contribution in [3.05, 3.63) is 54.7 Å². The number of para-hydroxylation sites is 1. The molecule has 1 atom stereocenters. The van der Waals surface area contributed by atoms with Gasteiger partial charge in [0.15, 0.2) is 0 Å². The Balaban J connectivity index is 1.73. The van der Waals surface area contributed by atoms with Crippen molar-refractivity contribution in [2.45, 2.75) is 19.5 Å². The lowest BCUT2D eigenvalue weighted by molar-refractivity contribution is 0.0938. The summed E-state index contributed by atoms with van der Waals surface area (Å²) in [5.41, 5.74) is 1.65. The number of nitrogens with one attached hydrogen (secondary N) is 2. The fourth-order valence-corrected chi connectivity index (χ4v) is 2.32. The van der Waals surface area contributed by atoms with Crippen molar-refractivity contribution in [1.29, 1.82) is 0 Å². The molecule has 1 amide bonds. The highest BCUT2D eigenvalue weighted by Gasteiger charge is 2.14. The minimum absolute atomic E-state index is 0.0327. The number of rotatable bonds is 4. The number of nitrogens with zero attached hydrogens (tertiary/aromatic N) is 2. The van der Waals surface area contributed by atoms with Crippen LogP contribution in [-0.4, -0.2) is 26.5 Å². The summed E-state index contributed by atoms with van der Waals surface area (Å²) < 4.78 is 1.94. The van der Waals surface area contributed by atoms with Crippen LogP contribution >= 0.6 is 0 Å². The van der Waals surface area contributed by atoms with Gasteiger partial charge in [0.1, 0.15) is 0 Å². The lowest BCUT2D eigenvalue weighted by Gasteiger charge is -2.14. The van der Waals surface area contributed by atoms with Crippen LogP contribution in [0.2, 0.25) is 0 Å². The Morgan fingerprint density at radius 3 is 3.10 bits per heavy atom. The van der Waals surface area contributed by atoms with Crippen LogP contribution in [0, 0.1) is 0 Å². The van der Waals surface area contributed by atoms with E-state index in [1.165, 1.54) is 0 Å². The van der Waals surface area contributed by atoms with Crippen molar-refractivity contribution in [1.82, 2.24) is 19.9 Å². The predicted molar refractivity (Wildman–Crippen MR) is 77.5 cm³/mol. The molecule has 0 aliphatic carbocycles. The molecule has 5 nitrogen and oxygen atoms in total. The van der Waals surface area contributed by atoms with E-state index in [0.717, 1.165) is 10.9 Å². The van der Waals surface area contributed by atoms with E-state index < -0.39 is 0 Å². The third kappa shape index (κ3) is 2.42. The van der Waals surface area contributed by atoms with E-state index >= 15 is 0 Å². The average Bonchev–Trinajstić information content (AvgIpc) is 3.07. The molecule has 2 aromatic heterocycles. The fraction of sp³-hybridized carbons (Fsp3) is 0.200. The van der Waals surface area contributed by atoms with Gasteiger partial charge in [-0.25, -0.2) is 4.98 Å². The van der Waals surface area contributed by atoms with Gasteiger partial charge in [0, 0.05) is 42.1 Å². The zero-order valence-electron chi connectivity index (χ0n) is 11.2. The number of hydrogen-bond acceptors (Lipinski definition) is 2. The van der Waals surface area contributed by atoms with Crippen LogP contribution in [0.3, 0.4) is 0 Å². The zero-order chi connectivity index (χ0) is 13.9. The van der Waals surface area contributed by atoms with Gasteiger partial charge in [-0.2, -0.15) is 0 Å². The van der Waals surface area contributed by atoms with Crippen molar-refractivity contribution < 1.29 is 4.79 Å². The van der Waals surface area contributed by atoms with Crippen molar-refractivity contribution in [3.63, 3.8) is 0 Å². The second-order valence-corrected chi connectivity index (χ2v) is 4.88. The van der Waals surface area contributed by atoms with Crippen molar-refractivity contribution in [2.75, 3.05) is 0 Å². The second-order valence-electron chi connectivity index (χ2n) is 4.88. The topological polar surface area (TPSA) is 62.7 Å². The van der Waals surface area contributed by atoms with Gasteiger partial charge >= 0.3 is 0 Å². The SMILES string of the molecule is CC(Cn1ccnc1)NC(=O)c1c[nH]c2ccccc12. The maximum absolute atomic E-state index is 12.3. The summed E-state index contributed by atoms with van der Waals surface area (Å²) in [4.78, 5) is 19.4. The molecule has 2 heterocycles. The number of H-pyrrole nitrogens is 1. The summed E-state index contributed by atoms with van der Waals surface area (Å²) in [5.74, 6) is -0.0601. The van der Waals surface area contributed by atoms with Gasteiger partial charge in [0.2, 0.25) is 0 Å². The highest BCUT2D eigenvalue weighted by atomic mass is 16.1. The van der Waals surface area contributed by atoms with E-state index in [2.05, 4.69) is 15.3 Å². The van der Waals surface area contributed by atoms with E-state index in [1.54, 1.807) is 18.7 Å². The van der Waals surface area contributed by atoms with E-state index in [0.29, 0.717) is 12.1 Å². The summed E-state index contributed by atoms with van der Waals surface area (Å²) >= 11 is 0. The molecule has 5 heteroatoms. The molecule has 3 rings (SSSR count). The molecule has 102 valence electrons. The van der Waals surface area contributed by atoms with E-state index in [-0.39, 0.29) is 11.9 Å². The van der Waals surface area contributed by atoms with Crippen LogP contribution in [0.4, 0.5) is 0 Å². The van der Waals surface area contributed by atoms with Crippen LogP contribution in [-0.2, 0) is 6.54 Å². The second kappa shape index (κ2) is 5.21. The zero-order valence-corrected chi connectivity index (χ0v) is 11.2. The van der Waals surface area contributed by atoms with Gasteiger partial charge in [0.05, 0.1) is 11.9 Å². The number of aromatic nitrogens is 3. The monoisotopic (exact) mass is 268 g/mol. The molecule has 0 radical (unpaired) electrons. The highest BCUT2D eigenvalue weighted by molar-refractivity contribution is 6.06. The normalized spacial score (nSPS) is 12.4. The Morgan fingerprint density at radius 1 is 1.45 bits per heavy atom. The number of carbonyl (C=O) groups excluding carboxylic acids is 1. The largest absolute Gasteiger partial charge is 0.360 e. The number of amides is 1. The van der Waals surface area contributed by atoms with Gasteiger partial charge < -0.3 is 14.9 Å². The number of benzene rings is 1. The maximum atomic E-state index is 12.3. The fourth-order valence-electron chi connectivity index (χ4n) is 2.32. The summed E-state index contributed by atoms with van der Waals surface area (Å²) in [6.45, 7) is 2.68. The molecular weight excluding hydrogens is 252 g/mol. The standard InChI is InChI=1S/C15H16N4O/c1-11(9-19-7-6-16-10-19)18-15(20)13-8-17-14-5-3-2-4-12(13)14/h2-8,10-11,17H,9H2,1H3,(H,18,20). The summed E-state index contributed by atoms with van der Waals surface area (Å²) in [7, 11) is 0. The van der Waals surface area contributed by atoms with Crippen LogP contribution in [0.1, 0.15) is 17.3 Å². The molecule has 0 spiro atoms. The van der Waals surface area contributed by atoms with Gasteiger partial charge in [-0.1, -0.05) is 18.2 Å².